The van der Waals surface area contributed by atoms with E-state index in [1.165, 1.54) is 0 Å². The number of nitrogens with one attached hydrogen (secondary N) is 2. The number of ether oxygens (including phenoxy) is 1. The summed E-state index contributed by atoms with van der Waals surface area (Å²) < 4.78 is 8.76. The lowest BCUT2D eigenvalue weighted by molar-refractivity contribution is 0.102. The van der Waals surface area contributed by atoms with Gasteiger partial charge in [-0.25, -0.2) is 9.97 Å². The standard InChI is InChI=1S/C26H33N7O2S/c1-2-33-24-16-22-21(15-23(24)30-26(33)36)25(29-18-28-22)27-17-19-3-5-20(6-4-19)35-14-12-32-9-7-31(8-10-32)11-13-34/h3-6,15-16,18,34H,2,7-14,17H2,1H3,(H,30,36)(H,27,28,29). The summed E-state index contributed by atoms with van der Waals surface area (Å²) in [6.07, 6.45) is 1.59. The van der Waals surface area contributed by atoms with Crippen molar-refractivity contribution in [2.24, 2.45) is 0 Å². The van der Waals surface area contributed by atoms with Crippen LogP contribution in [-0.4, -0.2) is 86.9 Å². The van der Waals surface area contributed by atoms with Gasteiger partial charge in [0.15, 0.2) is 4.77 Å². The van der Waals surface area contributed by atoms with Crippen LogP contribution in [0.25, 0.3) is 21.9 Å². The van der Waals surface area contributed by atoms with Gasteiger partial charge >= 0.3 is 0 Å². The molecule has 2 aromatic carbocycles. The number of benzene rings is 2. The number of H-pyrrole nitrogens is 1. The van der Waals surface area contributed by atoms with Crippen LogP contribution in [0.1, 0.15) is 12.5 Å². The van der Waals surface area contributed by atoms with E-state index in [9.17, 15) is 0 Å². The molecule has 2 aromatic heterocycles. The van der Waals surface area contributed by atoms with Crippen LogP contribution in [0, 0.1) is 4.77 Å². The lowest BCUT2D eigenvalue weighted by Crippen LogP contribution is -2.48. The van der Waals surface area contributed by atoms with E-state index in [0.29, 0.717) is 17.9 Å². The predicted molar refractivity (Wildman–Crippen MR) is 145 cm³/mol. The summed E-state index contributed by atoms with van der Waals surface area (Å²) in [6.45, 7) is 10.2. The minimum Gasteiger partial charge on any atom is -0.492 e. The molecule has 190 valence electrons. The summed E-state index contributed by atoms with van der Waals surface area (Å²) >= 11 is 5.46. The number of nitrogens with zero attached hydrogens (tertiary/aromatic N) is 5. The van der Waals surface area contributed by atoms with E-state index < -0.39 is 0 Å². The first kappa shape index (κ1) is 24.6. The highest BCUT2D eigenvalue weighted by molar-refractivity contribution is 7.71. The first-order valence-electron chi connectivity index (χ1n) is 12.5. The fourth-order valence-corrected chi connectivity index (χ4v) is 5.06. The maximum Gasteiger partial charge on any atom is 0.178 e. The lowest BCUT2D eigenvalue weighted by Gasteiger charge is -2.34. The van der Waals surface area contributed by atoms with Crippen molar-refractivity contribution >= 4 is 40.0 Å². The number of piperazine rings is 1. The highest BCUT2D eigenvalue weighted by Gasteiger charge is 2.16. The van der Waals surface area contributed by atoms with E-state index in [2.05, 4.69) is 65.8 Å². The molecule has 0 saturated carbocycles. The average molecular weight is 508 g/mol. The van der Waals surface area contributed by atoms with Crippen LogP contribution in [-0.2, 0) is 13.1 Å². The molecule has 1 aliphatic heterocycles. The van der Waals surface area contributed by atoms with Crippen molar-refractivity contribution in [3.05, 3.63) is 53.1 Å². The normalized spacial score (nSPS) is 15.1. The minimum atomic E-state index is 0.233. The van der Waals surface area contributed by atoms with Crippen molar-refractivity contribution in [2.45, 2.75) is 20.0 Å². The minimum absolute atomic E-state index is 0.233. The van der Waals surface area contributed by atoms with Crippen molar-refractivity contribution in [1.82, 2.24) is 29.3 Å². The zero-order valence-electron chi connectivity index (χ0n) is 20.6. The zero-order valence-corrected chi connectivity index (χ0v) is 21.4. The predicted octanol–water partition coefficient (Wildman–Crippen LogP) is 3.26. The average Bonchev–Trinajstić information content (AvgIpc) is 3.21. The summed E-state index contributed by atoms with van der Waals surface area (Å²) in [6, 6.07) is 12.3. The lowest BCUT2D eigenvalue weighted by atomic mass is 10.2. The molecule has 36 heavy (non-hydrogen) atoms. The van der Waals surface area contributed by atoms with Crippen molar-refractivity contribution < 1.29 is 9.84 Å². The topological polar surface area (TPSA) is 94.5 Å². The molecule has 3 N–H and O–H groups in total. The maximum atomic E-state index is 9.07. The number of aryl methyl sites for hydroxylation is 1. The summed E-state index contributed by atoms with van der Waals surface area (Å²) in [7, 11) is 0. The molecule has 0 atom stereocenters. The van der Waals surface area contributed by atoms with Gasteiger partial charge in [0.2, 0.25) is 0 Å². The molecule has 4 aromatic rings. The highest BCUT2D eigenvalue weighted by atomic mass is 32.1. The highest BCUT2D eigenvalue weighted by Crippen LogP contribution is 2.26. The van der Waals surface area contributed by atoms with Crippen LogP contribution >= 0.6 is 12.2 Å². The second kappa shape index (κ2) is 11.3. The maximum absolute atomic E-state index is 9.07. The first-order chi connectivity index (χ1) is 17.6. The molecule has 0 radical (unpaired) electrons. The van der Waals surface area contributed by atoms with Gasteiger partial charge in [0.1, 0.15) is 24.5 Å². The quantitative estimate of drug-likeness (QED) is 0.282. The van der Waals surface area contributed by atoms with Gasteiger partial charge in [0, 0.05) is 57.7 Å². The Morgan fingerprint density at radius 1 is 1.06 bits per heavy atom. The second-order valence-corrected chi connectivity index (χ2v) is 9.42. The van der Waals surface area contributed by atoms with Crippen LogP contribution in [0.2, 0.25) is 0 Å². The largest absolute Gasteiger partial charge is 0.492 e. The Bertz CT molecular complexity index is 1360. The number of fused-ring (bicyclic) bond motifs is 2. The summed E-state index contributed by atoms with van der Waals surface area (Å²) in [5.41, 5.74) is 4.07. The van der Waals surface area contributed by atoms with Gasteiger partial charge in [0.25, 0.3) is 0 Å². The van der Waals surface area contributed by atoms with Gasteiger partial charge < -0.3 is 24.7 Å². The molecule has 0 bridgehead atoms. The molecule has 3 heterocycles. The first-order valence-corrected chi connectivity index (χ1v) is 12.9. The van der Waals surface area contributed by atoms with Crippen molar-refractivity contribution in [2.75, 3.05) is 57.8 Å². The third kappa shape index (κ3) is 5.52. The van der Waals surface area contributed by atoms with Gasteiger partial charge in [0.05, 0.1) is 23.2 Å². The van der Waals surface area contributed by atoms with Crippen LogP contribution < -0.4 is 10.1 Å². The molecule has 1 saturated heterocycles. The number of aromatic amines is 1. The molecular formula is C26H33N7O2S. The fourth-order valence-electron chi connectivity index (χ4n) is 4.72. The number of hydrogen-bond acceptors (Lipinski definition) is 8. The SMILES string of the molecule is CCn1c(=S)[nH]c2cc3c(NCc4ccc(OCCN5CCN(CCO)CC5)cc4)ncnc3cc21. The third-order valence-corrected chi connectivity index (χ3v) is 7.11. The Kier molecular flexibility index (Phi) is 7.76. The molecule has 1 fully saturated rings. The Morgan fingerprint density at radius 2 is 1.81 bits per heavy atom. The number of imidazole rings is 1. The third-order valence-electron chi connectivity index (χ3n) is 6.79. The van der Waals surface area contributed by atoms with Crippen LogP contribution in [0.15, 0.2) is 42.7 Å². The monoisotopic (exact) mass is 507 g/mol. The molecule has 0 aliphatic carbocycles. The number of rotatable bonds is 10. The molecule has 10 heteroatoms. The molecule has 1 aliphatic rings. The second-order valence-electron chi connectivity index (χ2n) is 9.04. The number of aliphatic hydroxyl groups excluding tert-OH is 1. The number of hydrogen-bond donors (Lipinski definition) is 3. The number of aliphatic hydroxyl groups is 1. The summed E-state index contributed by atoms with van der Waals surface area (Å²) in [5, 5.41) is 13.5. The smallest absolute Gasteiger partial charge is 0.178 e. The van der Waals surface area contributed by atoms with E-state index in [-0.39, 0.29) is 6.61 Å². The Balaban J connectivity index is 1.16. The van der Waals surface area contributed by atoms with Crippen molar-refractivity contribution in [1.29, 1.82) is 0 Å². The number of anilines is 1. The van der Waals surface area contributed by atoms with Gasteiger partial charge in [-0.05, 0) is 49.0 Å². The van der Waals surface area contributed by atoms with Crippen LogP contribution in [0.4, 0.5) is 5.82 Å². The number of aromatic nitrogens is 4. The Hall–Kier alpha value is -3.05. The van der Waals surface area contributed by atoms with E-state index in [4.69, 9.17) is 22.1 Å². The number of β-amino-alcohol motifs (C(OH)–C–C–N with tert-alkyl or cyclic N) is 1. The van der Waals surface area contributed by atoms with Crippen LogP contribution in [0.5, 0.6) is 5.75 Å². The summed E-state index contributed by atoms with van der Waals surface area (Å²) in [5.74, 6) is 1.67. The summed E-state index contributed by atoms with van der Waals surface area (Å²) in [4.78, 5) is 17.0. The van der Waals surface area contributed by atoms with Crippen molar-refractivity contribution in [3.8, 4) is 5.75 Å². The molecule has 9 nitrogen and oxygen atoms in total. The molecule has 5 rings (SSSR count). The van der Waals surface area contributed by atoms with Crippen LogP contribution in [0.3, 0.4) is 0 Å². The van der Waals surface area contributed by atoms with Gasteiger partial charge in [-0.1, -0.05) is 12.1 Å². The molecule has 0 spiro atoms. The van der Waals surface area contributed by atoms with Gasteiger partial charge in [-0.2, -0.15) is 0 Å². The molecule has 0 amide bonds. The zero-order chi connectivity index (χ0) is 24.9. The van der Waals surface area contributed by atoms with E-state index in [0.717, 1.165) is 84.9 Å². The van der Waals surface area contributed by atoms with Crippen molar-refractivity contribution in [3.63, 3.8) is 0 Å². The Labute approximate surface area is 215 Å². The molecular weight excluding hydrogens is 474 g/mol. The van der Waals surface area contributed by atoms with Gasteiger partial charge in [-0.3, -0.25) is 9.80 Å². The molecule has 0 unspecified atom stereocenters. The van der Waals surface area contributed by atoms with E-state index >= 15 is 0 Å². The van der Waals surface area contributed by atoms with Gasteiger partial charge in [-0.15, -0.1) is 0 Å². The Morgan fingerprint density at radius 3 is 2.53 bits per heavy atom. The van der Waals surface area contributed by atoms with E-state index in [1.807, 2.05) is 12.1 Å². The fraction of sp³-hybridized carbons (Fsp3) is 0.423. The van der Waals surface area contributed by atoms with E-state index in [1.54, 1.807) is 6.33 Å².